The third-order valence-corrected chi connectivity index (χ3v) is 3.70. The molecule has 2 aromatic heterocycles. The zero-order valence-electron chi connectivity index (χ0n) is 12.2. The molecule has 0 aliphatic heterocycles. The number of aryl methyl sites for hydroxylation is 2. The maximum absolute atomic E-state index is 12.0. The monoisotopic (exact) mass is 282 g/mol. The van der Waals surface area contributed by atoms with Crippen molar-refractivity contribution in [3.63, 3.8) is 0 Å². The molecular weight excluding hydrogens is 264 g/mol. The predicted molar refractivity (Wildman–Crippen MR) is 82.3 cm³/mol. The van der Waals surface area contributed by atoms with Crippen molar-refractivity contribution in [3.8, 4) is 0 Å². The SMILES string of the molecule is Cc1cc(C(=O)NCCc2c[nH]c3ccccc23)nn1C. The molecule has 0 spiro atoms. The zero-order chi connectivity index (χ0) is 14.8. The standard InChI is InChI=1S/C16H18N4O/c1-11-9-15(19-20(11)2)16(21)17-8-7-12-10-18-14-6-4-3-5-13(12)14/h3-6,9-10,18H,7-8H2,1-2H3,(H,17,21). The van der Waals surface area contributed by atoms with Crippen LogP contribution in [-0.4, -0.2) is 27.2 Å². The van der Waals surface area contributed by atoms with Gasteiger partial charge < -0.3 is 10.3 Å². The highest BCUT2D eigenvalue weighted by Gasteiger charge is 2.10. The average molecular weight is 282 g/mol. The molecule has 108 valence electrons. The van der Waals surface area contributed by atoms with Crippen molar-refractivity contribution >= 4 is 16.8 Å². The molecule has 1 amide bonds. The van der Waals surface area contributed by atoms with Crippen LogP contribution < -0.4 is 5.32 Å². The lowest BCUT2D eigenvalue weighted by Gasteiger charge is -2.02. The third-order valence-electron chi connectivity index (χ3n) is 3.70. The van der Waals surface area contributed by atoms with Crippen molar-refractivity contribution in [1.29, 1.82) is 0 Å². The van der Waals surface area contributed by atoms with Gasteiger partial charge in [0.05, 0.1) is 0 Å². The number of aromatic nitrogens is 3. The first-order valence-corrected chi connectivity index (χ1v) is 6.99. The van der Waals surface area contributed by atoms with E-state index in [1.807, 2.05) is 38.4 Å². The normalized spacial score (nSPS) is 11.0. The van der Waals surface area contributed by atoms with E-state index in [1.54, 1.807) is 10.7 Å². The van der Waals surface area contributed by atoms with E-state index in [0.717, 1.165) is 17.6 Å². The second kappa shape index (κ2) is 5.44. The van der Waals surface area contributed by atoms with Crippen LogP contribution in [0.5, 0.6) is 0 Å². The lowest BCUT2D eigenvalue weighted by molar-refractivity contribution is 0.0948. The van der Waals surface area contributed by atoms with Crippen molar-refractivity contribution in [2.75, 3.05) is 6.54 Å². The summed E-state index contributed by atoms with van der Waals surface area (Å²) in [7, 11) is 1.83. The van der Waals surface area contributed by atoms with Crippen molar-refractivity contribution < 1.29 is 4.79 Å². The molecule has 0 saturated heterocycles. The number of nitrogens with one attached hydrogen (secondary N) is 2. The molecule has 2 heterocycles. The molecule has 2 N–H and O–H groups in total. The van der Waals surface area contributed by atoms with Gasteiger partial charge in [0.15, 0.2) is 0 Å². The maximum Gasteiger partial charge on any atom is 0.271 e. The molecule has 1 aromatic carbocycles. The van der Waals surface area contributed by atoms with E-state index in [4.69, 9.17) is 0 Å². The molecule has 3 aromatic rings. The summed E-state index contributed by atoms with van der Waals surface area (Å²) in [5, 5.41) is 8.30. The number of carbonyl (C=O) groups excluding carboxylic acids is 1. The van der Waals surface area contributed by atoms with Crippen molar-refractivity contribution in [2.24, 2.45) is 7.05 Å². The zero-order valence-corrected chi connectivity index (χ0v) is 12.2. The summed E-state index contributed by atoms with van der Waals surface area (Å²) in [5.41, 5.74) is 3.77. The van der Waals surface area contributed by atoms with Crippen LogP contribution in [0.1, 0.15) is 21.7 Å². The lowest BCUT2D eigenvalue weighted by Crippen LogP contribution is -2.26. The van der Waals surface area contributed by atoms with E-state index in [0.29, 0.717) is 12.2 Å². The van der Waals surface area contributed by atoms with Gasteiger partial charge in [0.1, 0.15) is 5.69 Å². The van der Waals surface area contributed by atoms with Gasteiger partial charge in [0.25, 0.3) is 5.91 Å². The molecule has 5 heteroatoms. The molecule has 0 unspecified atom stereocenters. The van der Waals surface area contributed by atoms with Gasteiger partial charge in [-0.25, -0.2) is 0 Å². The third kappa shape index (κ3) is 2.67. The summed E-state index contributed by atoms with van der Waals surface area (Å²) in [6.07, 6.45) is 2.79. The number of benzene rings is 1. The Kier molecular flexibility index (Phi) is 3.48. The largest absolute Gasteiger partial charge is 0.361 e. The van der Waals surface area contributed by atoms with Crippen LogP contribution in [0.4, 0.5) is 0 Å². The predicted octanol–water partition coefficient (Wildman–Crippen LogP) is 2.18. The summed E-state index contributed by atoms with van der Waals surface area (Å²) in [6, 6.07) is 9.96. The molecule has 3 rings (SSSR count). The summed E-state index contributed by atoms with van der Waals surface area (Å²) in [6.45, 7) is 2.52. The molecule has 5 nitrogen and oxygen atoms in total. The number of rotatable bonds is 4. The first-order chi connectivity index (χ1) is 10.1. The minimum atomic E-state index is -0.126. The minimum absolute atomic E-state index is 0.126. The topological polar surface area (TPSA) is 62.7 Å². The number of amides is 1. The Labute approximate surface area is 123 Å². The van der Waals surface area contributed by atoms with E-state index in [2.05, 4.69) is 21.5 Å². The van der Waals surface area contributed by atoms with E-state index < -0.39 is 0 Å². The van der Waals surface area contributed by atoms with Gasteiger partial charge in [-0.15, -0.1) is 0 Å². The molecule has 0 saturated carbocycles. The van der Waals surface area contributed by atoms with E-state index in [-0.39, 0.29) is 5.91 Å². The molecule has 21 heavy (non-hydrogen) atoms. The Hall–Kier alpha value is -2.56. The Morgan fingerprint density at radius 1 is 1.38 bits per heavy atom. The van der Waals surface area contributed by atoms with Crippen LogP contribution in [0.15, 0.2) is 36.5 Å². The van der Waals surface area contributed by atoms with Gasteiger partial charge in [-0.3, -0.25) is 9.48 Å². The Balaban J connectivity index is 1.62. The Bertz CT molecular complexity index is 765. The minimum Gasteiger partial charge on any atom is -0.361 e. The quantitative estimate of drug-likeness (QED) is 0.770. The van der Waals surface area contributed by atoms with Gasteiger partial charge in [-0.1, -0.05) is 18.2 Å². The van der Waals surface area contributed by atoms with Gasteiger partial charge in [0.2, 0.25) is 0 Å². The van der Waals surface area contributed by atoms with Crippen molar-refractivity contribution in [2.45, 2.75) is 13.3 Å². The molecule has 0 bridgehead atoms. The lowest BCUT2D eigenvalue weighted by atomic mass is 10.1. The summed E-state index contributed by atoms with van der Waals surface area (Å²) in [4.78, 5) is 15.2. The van der Waals surface area contributed by atoms with Crippen molar-refractivity contribution in [1.82, 2.24) is 20.1 Å². The van der Waals surface area contributed by atoms with E-state index >= 15 is 0 Å². The highest BCUT2D eigenvalue weighted by atomic mass is 16.1. The highest BCUT2D eigenvalue weighted by Crippen LogP contribution is 2.17. The second-order valence-electron chi connectivity index (χ2n) is 5.16. The number of nitrogens with zero attached hydrogens (tertiary/aromatic N) is 2. The van der Waals surface area contributed by atoms with Gasteiger partial charge in [0, 0.05) is 36.4 Å². The van der Waals surface area contributed by atoms with E-state index in [1.165, 1.54) is 10.9 Å². The van der Waals surface area contributed by atoms with Crippen LogP contribution in [0.25, 0.3) is 10.9 Å². The number of aromatic amines is 1. The molecule has 0 aliphatic rings. The van der Waals surface area contributed by atoms with E-state index in [9.17, 15) is 4.79 Å². The summed E-state index contributed by atoms with van der Waals surface area (Å²) < 4.78 is 1.70. The number of H-pyrrole nitrogens is 1. The molecule has 0 fully saturated rings. The Morgan fingerprint density at radius 2 is 2.19 bits per heavy atom. The Morgan fingerprint density at radius 3 is 2.95 bits per heavy atom. The fourth-order valence-electron chi connectivity index (χ4n) is 2.41. The maximum atomic E-state index is 12.0. The number of hydrogen-bond acceptors (Lipinski definition) is 2. The molecule has 0 aliphatic carbocycles. The fraction of sp³-hybridized carbons (Fsp3) is 0.250. The van der Waals surface area contributed by atoms with Crippen molar-refractivity contribution in [3.05, 3.63) is 53.5 Å². The molecule has 0 atom stereocenters. The summed E-state index contributed by atoms with van der Waals surface area (Å²) in [5.74, 6) is -0.126. The average Bonchev–Trinajstić information content (AvgIpc) is 3.04. The number of para-hydroxylation sites is 1. The number of fused-ring (bicyclic) bond motifs is 1. The van der Waals surface area contributed by atoms with Crippen LogP contribution >= 0.6 is 0 Å². The highest BCUT2D eigenvalue weighted by molar-refractivity contribution is 5.92. The number of hydrogen-bond donors (Lipinski definition) is 2. The summed E-state index contributed by atoms with van der Waals surface area (Å²) >= 11 is 0. The van der Waals surface area contributed by atoms with Gasteiger partial charge in [-0.2, -0.15) is 5.10 Å². The first-order valence-electron chi connectivity index (χ1n) is 6.99. The van der Waals surface area contributed by atoms with Crippen LogP contribution in [0, 0.1) is 6.92 Å². The van der Waals surface area contributed by atoms with Crippen LogP contribution in [-0.2, 0) is 13.5 Å². The van der Waals surface area contributed by atoms with Gasteiger partial charge in [-0.05, 0) is 31.0 Å². The van der Waals surface area contributed by atoms with Crippen LogP contribution in [0.2, 0.25) is 0 Å². The smallest absolute Gasteiger partial charge is 0.271 e. The first kappa shape index (κ1) is 13.4. The fourth-order valence-corrected chi connectivity index (χ4v) is 2.41. The number of carbonyl (C=O) groups is 1. The van der Waals surface area contributed by atoms with Crippen LogP contribution in [0.3, 0.4) is 0 Å². The molecular formula is C16H18N4O. The molecule has 0 radical (unpaired) electrons. The van der Waals surface area contributed by atoms with Gasteiger partial charge >= 0.3 is 0 Å². The second-order valence-corrected chi connectivity index (χ2v) is 5.16.